The maximum absolute atomic E-state index is 12.8. The minimum Gasteiger partial charge on any atom is -0.349 e. The van der Waals surface area contributed by atoms with Crippen LogP contribution >= 0.6 is 0 Å². The molecule has 156 valence electrons. The topological polar surface area (TPSA) is 66.5 Å². The normalized spacial score (nSPS) is 17.0. The summed E-state index contributed by atoms with van der Waals surface area (Å²) < 4.78 is 27.2. The molecule has 1 aliphatic heterocycles. The van der Waals surface area contributed by atoms with Crippen molar-refractivity contribution in [2.75, 3.05) is 13.1 Å². The average molecular weight is 415 g/mol. The first-order valence-corrected chi connectivity index (χ1v) is 11.9. The lowest BCUT2D eigenvalue weighted by molar-refractivity contribution is -0.126. The Kier molecular flexibility index (Phi) is 7.09. The molecule has 6 heteroatoms. The van der Waals surface area contributed by atoms with Gasteiger partial charge in [-0.2, -0.15) is 0 Å². The zero-order valence-electron chi connectivity index (χ0n) is 17.2. The lowest BCUT2D eigenvalue weighted by Gasteiger charge is -2.31. The van der Waals surface area contributed by atoms with Gasteiger partial charge in [0, 0.05) is 19.0 Å². The van der Waals surface area contributed by atoms with Gasteiger partial charge in [0.25, 0.3) is 0 Å². The summed E-state index contributed by atoms with van der Waals surface area (Å²) >= 11 is 0. The highest BCUT2D eigenvalue weighted by atomic mass is 32.2. The summed E-state index contributed by atoms with van der Waals surface area (Å²) in [4.78, 5) is 12.8. The second-order valence-electron chi connectivity index (χ2n) is 7.74. The molecule has 0 spiro atoms. The molecule has 1 saturated heterocycles. The second kappa shape index (κ2) is 9.55. The Morgan fingerprint density at radius 2 is 1.69 bits per heavy atom. The molecule has 0 aromatic heterocycles. The van der Waals surface area contributed by atoms with Crippen LogP contribution in [0.1, 0.15) is 48.9 Å². The minimum absolute atomic E-state index is 0.00785. The second-order valence-corrected chi connectivity index (χ2v) is 9.71. The van der Waals surface area contributed by atoms with E-state index in [2.05, 4.69) is 12.2 Å². The molecule has 1 fully saturated rings. The fraction of sp³-hybridized carbons (Fsp3) is 0.435. The highest BCUT2D eigenvalue weighted by Crippen LogP contribution is 2.24. The largest absolute Gasteiger partial charge is 0.349 e. The maximum atomic E-state index is 12.8. The molecule has 0 aliphatic carbocycles. The van der Waals surface area contributed by atoms with E-state index in [1.165, 1.54) is 4.31 Å². The van der Waals surface area contributed by atoms with Crippen LogP contribution in [-0.2, 0) is 20.6 Å². The first kappa shape index (κ1) is 21.5. The summed E-state index contributed by atoms with van der Waals surface area (Å²) in [7, 11) is -3.38. The summed E-state index contributed by atoms with van der Waals surface area (Å²) in [6.07, 6.45) is 1.94. The number of rotatable bonds is 7. The highest BCUT2D eigenvalue weighted by molar-refractivity contribution is 7.88. The van der Waals surface area contributed by atoms with Crippen molar-refractivity contribution in [3.63, 3.8) is 0 Å². The molecular formula is C23H30N2O3S. The quantitative estimate of drug-likeness (QED) is 0.749. The van der Waals surface area contributed by atoms with Crippen molar-refractivity contribution >= 4 is 15.9 Å². The van der Waals surface area contributed by atoms with Gasteiger partial charge in [0.15, 0.2) is 0 Å². The van der Waals surface area contributed by atoms with Crippen molar-refractivity contribution in [1.82, 2.24) is 9.62 Å². The fourth-order valence-corrected chi connectivity index (χ4v) is 5.52. The van der Waals surface area contributed by atoms with Crippen LogP contribution < -0.4 is 5.32 Å². The molecular weight excluding hydrogens is 384 g/mol. The van der Waals surface area contributed by atoms with Crippen LogP contribution in [-0.4, -0.2) is 31.7 Å². The highest BCUT2D eigenvalue weighted by Gasteiger charge is 2.32. The monoisotopic (exact) mass is 414 g/mol. The zero-order chi connectivity index (χ0) is 20.9. The lowest BCUT2D eigenvalue weighted by Crippen LogP contribution is -2.44. The van der Waals surface area contributed by atoms with Crippen molar-refractivity contribution < 1.29 is 13.2 Å². The lowest BCUT2D eigenvalue weighted by atomic mass is 9.96. The predicted octanol–water partition coefficient (Wildman–Crippen LogP) is 3.80. The number of sulfonamides is 1. The van der Waals surface area contributed by atoms with Crippen LogP contribution in [0.4, 0.5) is 0 Å². The Labute approximate surface area is 174 Å². The Morgan fingerprint density at radius 1 is 1.07 bits per heavy atom. The van der Waals surface area contributed by atoms with E-state index in [0.29, 0.717) is 25.9 Å². The number of hydrogen-bond donors (Lipinski definition) is 1. The Balaban J connectivity index is 1.57. The molecule has 2 aromatic carbocycles. The van der Waals surface area contributed by atoms with Gasteiger partial charge in [-0.25, -0.2) is 12.7 Å². The van der Waals surface area contributed by atoms with E-state index in [0.717, 1.165) is 23.1 Å². The van der Waals surface area contributed by atoms with E-state index >= 15 is 0 Å². The van der Waals surface area contributed by atoms with Crippen molar-refractivity contribution in [3.8, 4) is 0 Å². The predicted molar refractivity (Wildman–Crippen MR) is 116 cm³/mol. The minimum atomic E-state index is -3.38. The third-order valence-electron chi connectivity index (χ3n) is 5.74. The Hall–Kier alpha value is -2.18. The number of benzene rings is 2. The molecule has 0 saturated carbocycles. The standard InChI is InChI=1S/C23H30N2O3S/c1-3-22(19-10-5-4-6-11-19)24-23(26)20-13-15-25(16-14-20)29(27,28)17-21-12-8-7-9-18(21)2/h4-12,20,22H,3,13-17H2,1-2H3,(H,24,26)/t22-/m0/s1. The number of piperidine rings is 1. The molecule has 0 bridgehead atoms. The molecule has 0 unspecified atom stereocenters. The maximum Gasteiger partial charge on any atom is 0.223 e. The molecule has 3 rings (SSSR count). The van der Waals surface area contributed by atoms with Crippen molar-refractivity contribution in [2.24, 2.45) is 5.92 Å². The molecule has 1 N–H and O–H groups in total. The van der Waals surface area contributed by atoms with Crippen LogP contribution in [0.25, 0.3) is 0 Å². The molecule has 1 atom stereocenters. The average Bonchev–Trinajstić information content (AvgIpc) is 2.74. The molecule has 0 radical (unpaired) electrons. The van der Waals surface area contributed by atoms with E-state index in [1.807, 2.05) is 61.5 Å². The van der Waals surface area contributed by atoms with Gasteiger partial charge in [0.1, 0.15) is 0 Å². The van der Waals surface area contributed by atoms with Crippen LogP contribution in [0.15, 0.2) is 54.6 Å². The third-order valence-corrected chi connectivity index (χ3v) is 7.57. The third kappa shape index (κ3) is 5.46. The molecule has 29 heavy (non-hydrogen) atoms. The number of nitrogens with zero attached hydrogens (tertiary/aromatic N) is 1. The number of carbonyl (C=O) groups excluding carboxylic acids is 1. The van der Waals surface area contributed by atoms with Crippen molar-refractivity contribution in [3.05, 3.63) is 71.3 Å². The molecule has 1 heterocycles. The van der Waals surface area contributed by atoms with Gasteiger partial charge in [-0.3, -0.25) is 4.79 Å². The van der Waals surface area contributed by atoms with Gasteiger partial charge in [-0.1, -0.05) is 61.5 Å². The molecule has 2 aromatic rings. The van der Waals surface area contributed by atoms with E-state index in [4.69, 9.17) is 0 Å². The fourth-order valence-electron chi connectivity index (χ4n) is 3.85. The number of amides is 1. The van der Waals surface area contributed by atoms with E-state index in [9.17, 15) is 13.2 Å². The summed E-state index contributed by atoms with van der Waals surface area (Å²) in [5.41, 5.74) is 2.92. The van der Waals surface area contributed by atoms with E-state index < -0.39 is 10.0 Å². The molecule has 1 aliphatic rings. The van der Waals surface area contributed by atoms with Crippen LogP contribution in [0.2, 0.25) is 0 Å². The van der Waals surface area contributed by atoms with E-state index in [-0.39, 0.29) is 23.6 Å². The zero-order valence-corrected chi connectivity index (χ0v) is 18.0. The summed E-state index contributed by atoms with van der Waals surface area (Å²) in [6, 6.07) is 17.5. The number of aryl methyl sites for hydroxylation is 1. The van der Waals surface area contributed by atoms with Gasteiger partial charge in [0.2, 0.25) is 15.9 Å². The van der Waals surface area contributed by atoms with Crippen LogP contribution in [0.5, 0.6) is 0 Å². The van der Waals surface area contributed by atoms with Crippen molar-refractivity contribution in [2.45, 2.75) is 44.9 Å². The Bertz CT molecular complexity index is 920. The first-order chi connectivity index (χ1) is 13.9. The van der Waals surface area contributed by atoms with Gasteiger partial charge < -0.3 is 5.32 Å². The SMILES string of the molecule is CC[C@H](NC(=O)C1CCN(S(=O)(=O)Cc2ccccc2C)CC1)c1ccccc1. The number of carbonyl (C=O) groups is 1. The van der Waals surface area contributed by atoms with Gasteiger partial charge in [-0.15, -0.1) is 0 Å². The van der Waals surface area contributed by atoms with Crippen LogP contribution in [0.3, 0.4) is 0 Å². The van der Waals surface area contributed by atoms with Crippen molar-refractivity contribution in [1.29, 1.82) is 0 Å². The van der Waals surface area contributed by atoms with Crippen LogP contribution in [0, 0.1) is 12.8 Å². The van der Waals surface area contributed by atoms with Gasteiger partial charge in [0.05, 0.1) is 11.8 Å². The summed E-state index contributed by atoms with van der Waals surface area (Å²) in [6.45, 7) is 4.78. The first-order valence-electron chi connectivity index (χ1n) is 10.3. The molecule has 5 nitrogen and oxygen atoms in total. The smallest absolute Gasteiger partial charge is 0.223 e. The number of hydrogen-bond acceptors (Lipinski definition) is 3. The van der Waals surface area contributed by atoms with E-state index in [1.54, 1.807) is 0 Å². The van der Waals surface area contributed by atoms with Gasteiger partial charge in [-0.05, 0) is 42.9 Å². The number of nitrogens with one attached hydrogen (secondary N) is 1. The Morgan fingerprint density at radius 3 is 2.31 bits per heavy atom. The molecule has 1 amide bonds. The summed E-state index contributed by atoms with van der Waals surface area (Å²) in [5.74, 6) is -0.100. The summed E-state index contributed by atoms with van der Waals surface area (Å²) in [5, 5.41) is 3.15. The van der Waals surface area contributed by atoms with Gasteiger partial charge >= 0.3 is 0 Å².